The monoisotopic (exact) mass is 351 g/mol. The number of nitrogens with zero attached hydrogens (tertiary/aromatic N) is 3. The number of hydrogen-bond acceptors (Lipinski definition) is 2. The maximum atomic E-state index is 13.1. The Morgan fingerprint density at radius 2 is 1.58 bits per heavy atom. The summed E-state index contributed by atoms with van der Waals surface area (Å²) >= 11 is 0. The Morgan fingerprint density at radius 3 is 2.23 bits per heavy atom. The summed E-state index contributed by atoms with van der Waals surface area (Å²) in [6.45, 7) is 8.56. The number of hydrogen-bond donors (Lipinski definition) is 0. The summed E-state index contributed by atoms with van der Waals surface area (Å²) in [6.07, 6.45) is 4.88. The van der Waals surface area contributed by atoms with Crippen LogP contribution in [0.25, 0.3) is 5.69 Å². The van der Waals surface area contributed by atoms with Crippen molar-refractivity contribution < 1.29 is 4.79 Å². The van der Waals surface area contributed by atoms with Gasteiger partial charge in [0.2, 0.25) is 0 Å². The average molecular weight is 351 g/mol. The highest BCUT2D eigenvalue weighted by atomic mass is 16.2. The zero-order chi connectivity index (χ0) is 18.1. The van der Waals surface area contributed by atoms with Crippen molar-refractivity contribution in [3.63, 3.8) is 0 Å². The van der Waals surface area contributed by atoms with Gasteiger partial charge in [0.15, 0.2) is 0 Å². The van der Waals surface area contributed by atoms with Gasteiger partial charge in [0.25, 0.3) is 5.91 Å². The number of likely N-dealkylation sites (tertiary alicyclic amines) is 2. The van der Waals surface area contributed by atoms with Crippen LogP contribution in [0, 0.1) is 13.8 Å². The van der Waals surface area contributed by atoms with Crippen LogP contribution < -0.4 is 0 Å². The normalized spacial score (nSPS) is 20.8. The molecular weight excluding hydrogens is 322 g/mol. The van der Waals surface area contributed by atoms with E-state index in [-0.39, 0.29) is 5.91 Å². The largest absolute Gasteiger partial charge is 0.334 e. The lowest BCUT2D eigenvalue weighted by Crippen LogP contribution is -2.42. The topological polar surface area (TPSA) is 28.5 Å². The summed E-state index contributed by atoms with van der Waals surface area (Å²) in [5.74, 6) is 0.194. The molecule has 0 spiro atoms. The van der Waals surface area contributed by atoms with Gasteiger partial charge in [-0.05, 0) is 89.0 Å². The van der Waals surface area contributed by atoms with Crippen molar-refractivity contribution in [3.8, 4) is 5.69 Å². The van der Waals surface area contributed by atoms with Crippen LogP contribution in [0.15, 0.2) is 36.4 Å². The smallest absolute Gasteiger partial charge is 0.254 e. The van der Waals surface area contributed by atoms with Gasteiger partial charge in [0, 0.05) is 41.8 Å². The first-order chi connectivity index (χ1) is 12.6. The molecule has 1 aromatic carbocycles. The maximum absolute atomic E-state index is 13.1. The Bertz CT molecular complexity index is 752. The molecule has 2 fully saturated rings. The Hall–Kier alpha value is -2.07. The second kappa shape index (κ2) is 7.28. The van der Waals surface area contributed by atoms with E-state index in [1.165, 1.54) is 37.3 Å². The predicted molar refractivity (Wildman–Crippen MR) is 105 cm³/mol. The predicted octanol–water partition coefficient (Wildman–Crippen LogP) is 3.79. The fourth-order valence-corrected chi connectivity index (χ4v) is 4.55. The molecule has 0 aliphatic carbocycles. The summed E-state index contributed by atoms with van der Waals surface area (Å²) in [7, 11) is 0. The SMILES string of the molecule is Cc1ccc(C)n1-c1ccc(C(=O)N2CCCC2CN2CCCC2)cc1. The van der Waals surface area contributed by atoms with E-state index in [1.807, 2.05) is 12.1 Å². The van der Waals surface area contributed by atoms with E-state index in [0.29, 0.717) is 6.04 Å². The Kier molecular flexibility index (Phi) is 4.86. The molecule has 0 N–H and O–H groups in total. The zero-order valence-electron chi connectivity index (χ0n) is 15.9. The number of aryl methyl sites for hydroxylation is 2. The lowest BCUT2D eigenvalue weighted by Gasteiger charge is -2.28. The summed E-state index contributed by atoms with van der Waals surface area (Å²) in [5.41, 5.74) is 4.36. The van der Waals surface area contributed by atoms with Crippen LogP contribution in [0.1, 0.15) is 47.4 Å². The molecule has 3 heterocycles. The van der Waals surface area contributed by atoms with Gasteiger partial charge in [0.05, 0.1) is 0 Å². The molecule has 26 heavy (non-hydrogen) atoms. The molecule has 4 rings (SSSR count). The minimum atomic E-state index is 0.194. The molecule has 1 unspecified atom stereocenters. The van der Waals surface area contributed by atoms with Crippen LogP contribution >= 0.6 is 0 Å². The Labute approximate surface area is 156 Å². The van der Waals surface area contributed by atoms with Gasteiger partial charge in [-0.15, -0.1) is 0 Å². The van der Waals surface area contributed by atoms with Crippen molar-refractivity contribution in [1.29, 1.82) is 0 Å². The van der Waals surface area contributed by atoms with Crippen molar-refractivity contribution >= 4 is 5.91 Å². The van der Waals surface area contributed by atoms with Crippen LogP contribution in [0.3, 0.4) is 0 Å². The number of rotatable bonds is 4. The first-order valence-corrected chi connectivity index (χ1v) is 9.92. The lowest BCUT2D eigenvalue weighted by atomic mass is 10.1. The third-order valence-corrected chi connectivity index (χ3v) is 5.95. The van der Waals surface area contributed by atoms with Crippen LogP contribution in [-0.4, -0.2) is 52.5 Å². The number of aromatic nitrogens is 1. The number of benzene rings is 1. The molecule has 0 radical (unpaired) electrons. The molecule has 1 amide bonds. The van der Waals surface area contributed by atoms with E-state index in [1.54, 1.807) is 0 Å². The second-order valence-electron chi connectivity index (χ2n) is 7.80. The molecule has 138 valence electrons. The van der Waals surface area contributed by atoms with Crippen molar-refractivity contribution in [1.82, 2.24) is 14.4 Å². The van der Waals surface area contributed by atoms with Gasteiger partial charge in [-0.3, -0.25) is 4.79 Å². The van der Waals surface area contributed by atoms with Crippen LogP contribution in [0.5, 0.6) is 0 Å². The van der Waals surface area contributed by atoms with Gasteiger partial charge >= 0.3 is 0 Å². The molecule has 0 bridgehead atoms. The first kappa shape index (κ1) is 17.3. The minimum Gasteiger partial charge on any atom is -0.334 e. The highest BCUT2D eigenvalue weighted by Crippen LogP contribution is 2.23. The number of carbonyl (C=O) groups is 1. The van der Waals surface area contributed by atoms with Crippen LogP contribution in [0.2, 0.25) is 0 Å². The molecule has 1 atom stereocenters. The summed E-state index contributed by atoms with van der Waals surface area (Å²) in [4.78, 5) is 17.7. The Morgan fingerprint density at radius 1 is 0.923 bits per heavy atom. The number of amides is 1. The second-order valence-corrected chi connectivity index (χ2v) is 7.80. The van der Waals surface area contributed by atoms with E-state index < -0.39 is 0 Å². The molecule has 1 aromatic heterocycles. The first-order valence-electron chi connectivity index (χ1n) is 9.92. The fraction of sp³-hybridized carbons (Fsp3) is 0.500. The average Bonchev–Trinajstić information content (AvgIpc) is 3.38. The Balaban J connectivity index is 1.49. The molecular formula is C22H29N3O. The van der Waals surface area contributed by atoms with Gasteiger partial charge in [-0.1, -0.05) is 0 Å². The fourth-order valence-electron chi connectivity index (χ4n) is 4.55. The van der Waals surface area contributed by atoms with Crippen molar-refractivity contribution in [3.05, 3.63) is 53.3 Å². The maximum Gasteiger partial charge on any atom is 0.254 e. The molecule has 2 aliphatic heterocycles. The van der Waals surface area contributed by atoms with Gasteiger partial charge in [-0.25, -0.2) is 0 Å². The molecule has 4 nitrogen and oxygen atoms in total. The molecule has 2 aliphatic rings. The standard InChI is InChI=1S/C22H29N3O/c1-17-7-8-18(2)25(17)20-11-9-19(10-12-20)22(26)24-15-5-6-21(24)16-23-13-3-4-14-23/h7-12,21H,3-6,13-16H2,1-2H3. The van der Waals surface area contributed by atoms with Crippen LogP contribution in [-0.2, 0) is 0 Å². The summed E-state index contributed by atoms with van der Waals surface area (Å²) in [5, 5.41) is 0. The third-order valence-electron chi connectivity index (χ3n) is 5.95. The summed E-state index contributed by atoms with van der Waals surface area (Å²) < 4.78 is 2.22. The molecule has 4 heteroatoms. The summed E-state index contributed by atoms with van der Waals surface area (Å²) in [6, 6.07) is 12.7. The van der Waals surface area contributed by atoms with Crippen molar-refractivity contribution in [2.75, 3.05) is 26.2 Å². The van der Waals surface area contributed by atoms with E-state index in [2.05, 4.69) is 52.5 Å². The van der Waals surface area contributed by atoms with Crippen molar-refractivity contribution in [2.24, 2.45) is 0 Å². The van der Waals surface area contributed by atoms with Crippen molar-refractivity contribution in [2.45, 2.75) is 45.6 Å². The molecule has 0 saturated carbocycles. The highest BCUT2D eigenvalue weighted by Gasteiger charge is 2.31. The third kappa shape index (κ3) is 3.30. The quantitative estimate of drug-likeness (QED) is 0.838. The lowest BCUT2D eigenvalue weighted by molar-refractivity contribution is 0.0709. The highest BCUT2D eigenvalue weighted by molar-refractivity contribution is 5.94. The number of carbonyl (C=O) groups excluding carboxylic acids is 1. The minimum absolute atomic E-state index is 0.194. The van der Waals surface area contributed by atoms with E-state index in [4.69, 9.17) is 0 Å². The van der Waals surface area contributed by atoms with Crippen LogP contribution in [0.4, 0.5) is 0 Å². The van der Waals surface area contributed by atoms with E-state index in [9.17, 15) is 4.79 Å². The molecule has 2 aromatic rings. The van der Waals surface area contributed by atoms with Gasteiger partial charge in [-0.2, -0.15) is 0 Å². The molecule has 2 saturated heterocycles. The van der Waals surface area contributed by atoms with Gasteiger partial charge < -0.3 is 14.4 Å². The van der Waals surface area contributed by atoms with E-state index >= 15 is 0 Å². The van der Waals surface area contributed by atoms with E-state index in [0.717, 1.165) is 37.2 Å². The van der Waals surface area contributed by atoms with Gasteiger partial charge in [0.1, 0.15) is 0 Å². The zero-order valence-corrected chi connectivity index (χ0v) is 15.9.